The van der Waals surface area contributed by atoms with Gasteiger partial charge in [0.25, 0.3) is 5.19 Å². The first-order valence-electron chi connectivity index (χ1n) is 9.54. The number of rotatable bonds is 9. The van der Waals surface area contributed by atoms with Gasteiger partial charge in [-0.1, -0.05) is 55.3 Å². The molecule has 0 unspecified atom stereocenters. The molecule has 0 aliphatic heterocycles. The van der Waals surface area contributed by atoms with Crippen molar-refractivity contribution in [1.29, 1.82) is 0 Å². The van der Waals surface area contributed by atoms with Gasteiger partial charge in [-0.05, 0) is 36.6 Å². The highest BCUT2D eigenvalue weighted by Gasteiger charge is 2.08. The van der Waals surface area contributed by atoms with Gasteiger partial charge < -0.3 is 10.1 Å². The molecule has 0 atom stereocenters. The zero-order valence-corrected chi connectivity index (χ0v) is 17.1. The average molecular weight is 396 g/mol. The zero-order valence-electron chi connectivity index (χ0n) is 16.3. The smallest absolute Gasteiger partial charge is 0.298 e. The number of hydrogen-bond donors (Lipinski definition) is 1. The lowest BCUT2D eigenvalue weighted by Crippen LogP contribution is -2.25. The van der Waals surface area contributed by atoms with Gasteiger partial charge in [-0.15, -0.1) is 0 Å². The van der Waals surface area contributed by atoms with Crippen molar-refractivity contribution >= 4 is 17.4 Å². The summed E-state index contributed by atoms with van der Waals surface area (Å²) in [6, 6.07) is 15.9. The van der Waals surface area contributed by atoms with Gasteiger partial charge in [0.15, 0.2) is 5.82 Å². The molecule has 0 radical (unpaired) electrons. The van der Waals surface area contributed by atoms with Crippen LogP contribution in [0.1, 0.15) is 42.3 Å². The standard InChI is InChI=1S/C22H25N3O2S/c1-3-4-13-23-21(26)15-18-9-11-19(12-10-18)27-22-24-20(25-28-22)14-17-7-5-16(2)6-8-17/h5-12H,3-4,13-15H2,1-2H3,(H,23,26). The fourth-order valence-corrected chi connectivity index (χ4v) is 3.24. The van der Waals surface area contributed by atoms with Gasteiger partial charge >= 0.3 is 0 Å². The number of ether oxygens (including phenoxy) is 1. The van der Waals surface area contributed by atoms with Crippen molar-refractivity contribution in [3.8, 4) is 10.9 Å². The summed E-state index contributed by atoms with van der Waals surface area (Å²) < 4.78 is 10.2. The van der Waals surface area contributed by atoms with Crippen LogP contribution in [0.2, 0.25) is 0 Å². The molecule has 2 aromatic carbocycles. The summed E-state index contributed by atoms with van der Waals surface area (Å²) in [7, 11) is 0. The molecule has 3 aromatic rings. The number of unbranched alkanes of at least 4 members (excludes halogenated alkanes) is 1. The Bertz CT molecular complexity index is 889. The van der Waals surface area contributed by atoms with Crippen LogP contribution in [-0.4, -0.2) is 21.8 Å². The first-order chi connectivity index (χ1) is 13.6. The Kier molecular flexibility index (Phi) is 7.14. The normalized spacial score (nSPS) is 10.6. The van der Waals surface area contributed by atoms with Gasteiger partial charge in [-0.25, -0.2) is 0 Å². The van der Waals surface area contributed by atoms with Crippen LogP contribution < -0.4 is 10.1 Å². The molecule has 0 aliphatic rings. The lowest BCUT2D eigenvalue weighted by atomic mass is 10.1. The van der Waals surface area contributed by atoms with Crippen LogP contribution in [0, 0.1) is 6.92 Å². The fraction of sp³-hybridized carbons (Fsp3) is 0.318. The molecule has 1 aromatic heterocycles. The largest absolute Gasteiger partial charge is 0.430 e. The number of nitrogens with zero attached hydrogens (tertiary/aromatic N) is 2. The third-order valence-corrected chi connectivity index (χ3v) is 4.91. The number of hydrogen-bond acceptors (Lipinski definition) is 5. The van der Waals surface area contributed by atoms with Gasteiger partial charge in [-0.2, -0.15) is 9.36 Å². The molecule has 3 rings (SSSR count). The second-order valence-corrected chi connectivity index (χ2v) is 7.48. The monoisotopic (exact) mass is 395 g/mol. The summed E-state index contributed by atoms with van der Waals surface area (Å²) >= 11 is 1.25. The Morgan fingerprint density at radius 2 is 1.79 bits per heavy atom. The summed E-state index contributed by atoms with van der Waals surface area (Å²) in [6.45, 7) is 4.91. The average Bonchev–Trinajstić information content (AvgIpc) is 3.12. The fourth-order valence-electron chi connectivity index (χ4n) is 2.67. The van der Waals surface area contributed by atoms with Crippen molar-refractivity contribution in [2.75, 3.05) is 6.54 Å². The minimum atomic E-state index is 0.0481. The number of carbonyl (C=O) groups is 1. The van der Waals surface area contributed by atoms with E-state index in [9.17, 15) is 4.79 Å². The third kappa shape index (κ3) is 6.16. The van der Waals surface area contributed by atoms with E-state index in [2.05, 4.69) is 52.8 Å². The predicted octanol–water partition coefficient (Wildman–Crippen LogP) is 4.69. The van der Waals surface area contributed by atoms with E-state index in [1.807, 2.05) is 24.3 Å². The number of aryl methyl sites for hydroxylation is 1. The van der Waals surface area contributed by atoms with Crippen LogP contribution in [-0.2, 0) is 17.6 Å². The molecule has 1 N–H and O–H groups in total. The maximum absolute atomic E-state index is 11.9. The summed E-state index contributed by atoms with van der Waals surface area (Å²) in [5.41, 5.74) is 3.37. The van der Waals surface area contributed by atoms with Crippen molar-refractivity contribution in [1.82, 2.24) is 14.7 Å². The molecular weight excluding hydrogens is 370 g/mol. The van der Waals surface area contributed by atoms with E-state index < -0.39 is 0 Å². The number of aromatic nitrogens is 2. The molecule has 0 saturated heterocycles. The highest BCUT2D eigenvalue weighted by atomic mass is 32.1. The van der Waals surface area contributed by atoms with Crippen LogP contribution in [0.15, 0.2) is 48.5 Å². The van der Waals surface area contributed by atoms with Crippen molar-refractivity contribution in [2.24, 2.45) is 0 Å². The maximum Gasteiger partial charge on any atom is 0.298 e. The molecule has 1 amide bonds. The Hall–Kier alpha value is -2.73. The first kappa shape index (κ1) is 20.0. The van der Waals surface area contributed by atoms with Crippen molar-refractivity contribution < 1.29 is 9.53 Å². The van der Waals surface area contributed by atoms with Gasteiger partial charge in [0.05, 0.1) is 6.42 Å². The third-order valence-electron chi connectivity index (χ3n) is 4.28. The zero-order chi connectivity index (χ0) is 19.8. The molecule has 5 nitrogen and oxygen atoms in total. The molecule has 0 aliphatic carbocycles. The second-order valence-electron chi connectivity index (χ2n) is 6.77. The maximum atomic E-state index is 11.9. The summed E-state index contributed by atoms with van der Waals surface area (Å²) in [5.74, 6) is 1.49. The topological polar surface area (TPSA) is 64.1 Å². The lowest BCUT2D eigenvalue weighted by Gasteiger charge is -2.05. The van der Waals surface area contributed by atoms with E-state index in [0.29, 0.717) is 23.8 Å². The number of nitrogens with one attached hydrogen (secondary N) is 1. The van der Waals surface area contributed by atoms with E-state index in [4.69, 9.17) is 4.74 Å². The van der Waals surface area contributed by atoms with Crippen LogP contribution >= 0.6 is 11.5 Å². The lowest BCUT2D eigenvalue weighted by molar-refractivity contribution is -0.120. The molecule has 0 saturated carbocycles. The minimum absolute atomic E-state index is 0.0481. The Labute approximate surface area is 170 Å². The molecule has 1 heterocycles. The SMILES string of the molecule is CCCCNC(=O)Cc1ccc(Oc2nc(Cc3ccc(C)cc3)ns2)cc1. The van der Waals surface area contributed by atoms with E-state index in [1.54, 1.807) is 0 Å². The first-order valence-corrected chi connectivity index (χ1v) is 10.3. The number of carbonyl (C=O) groups excluding carboxylic acids is 1. The highest BCUT2D eigenvalue weighted by molar-refractivity contribution is 7.07. The van der Waals surface area contributed by atoms with Crippen molar-refractivity contribution in [2.45, 2.75) is 39.5 Å². The minimum Gasteiger partial charge on any atom is -0.430 e. The molecule has 0 fully saturated rings. The molecule has 6 heteroatoms. The van der Waals surface area contributed by atoms with E-state index >= 15 is 0 Å². The quantitative estimate of drug-likeness (QED) is 0.534. The van der Waals surface area contributed by atoms with Gasteiger partial charge in [0, 0.05) is 24.5 Å². The van der Waals surface area contributed by atoms with E-state index in [-0.39, 0.29) is 5.91 Å². The van der Waals surface area contributed by atoms with Gasteiger partial charge in [-0.3, -0.25) is 4.79 Å². The van der Waals surface area contributed by atoms with Crippen molar-refractivity contribution in [3.63, 3.8) is 0 Å². The van der Waals surface area contributed by atoms with Crippen LogP contribution in [0.25, 0.3) is 0 Å². The van der Waals surface area contributed by atoms with Gasteiger partial charge in [0.2, 0.25) is 5.91 Å². The number of benzene rings is 2. The molecule has 28 heavy (non-hydrogen) atoms. The Morgan fingerprint density at radius 3 is 2.50 bits per heavy atom. The second kappa shape index (κ2) is 9.99. The summed E-state index contributed by atoms with van der Waals surface area (Å²) in [4.78, 5) is 16.3. The molecular formula is C22H25N3O2S. The molecule has 0 spiro atoms. The van der Waals surface area contributed by atoms with Gasteiger partial charge in [0.1, 0.15) is 5.75 Å². The molecule has 0 bridgehead atoms. The van der Waals surface area contributed by atoms with Crippen LogP contribution in [0.5, 0.6) is 10.9 Å². The molecule has 146 valence electrons. The predicted molar refractivity (Wildman–Crippen MR) is 112 cm³/mol. The summed E-state index contributed by atoms with van der Waals surface area (Å²) in [5, 5.41) is 3.45. The van der Waals surface area contributed by atoms with Crippen LogP contribution in [0.3, 0.4) is 0 Å². The Balaban J connectivity index is 1.52. The van der Waals surface area contributed by atoms with E-state index in [1.165, 1.54) is 22.7 Å². The van der Waals surface area contributed by atoms with Crippen molar-refractivity contribution in [3.05, 3.63) is 71.0 Å². The van der Waals surface area contributed by atoms with E-state index in [0.717, 1.165) is 30.8 Å². The highest BCUT2D eigenvalue weighted by Crippen LogP contribution is 2.24. The number of amides is 1. The van der Waals surface area contributed by atoms with Crippen LogP contribution in [0.4, 0.5) is 0 Å². The Morgan fingerprint density at radius 1 is 1.07 bits per heavy atom. The summed E-state index contributed by atoms with van der Waals surface area (Å²) in [6.07, 6.45) is 3.15.